The van der Waals surface area contributed by atoms with Crippen molar-refractivity contribution < 1.29 is 4.79 Å². The fourth-order valence-corrected chi connectivity index (χ4v) is 1.64. The molecule has 2 aromatic rings. The van der Waals surface area contributed by atoms with Crippen molar-refractivity contribution in [1.29, 1.82) is 0 Å². The summed E-state index contributed by atoms with van der Waals surface area (Å²) in [5, 5.41) is 7.21. The van der Waals surface area contributed by atoms with Crippen LogP contribution in [0.1, 0.15) is 18.7 Å². The molecule has 4 nitrogen and oxygen atoms in total. The number of nitrogens with zero attached hydrogens (tertiary/aromatic N) is 2. The molecular formula is C14H15N3O. The highest BCUT2D eigenvalue weighted by Gasteiger charge is 2.10. The molecule has 1 N–H and O–H groups in total. The van der Waals surface area contributed by atoms with Crippen LogP contribution in [0.3, 0.4) is 0 Å². The van der Waals surface area contributed by atoms with E-state index in [9.17, 15) is 4.79 Å². The van der Waals surface area contributed by atoms with Gasteiger partial charge >= 0.3 is 0 Å². The average Bonchev–Trinajstić information content (AvgIpc) is 2.89. The van der Waals surface area contributed by atoms with Crippen molar-refractivity contribution in [3.8, 4) is 5.69 Å². The van der Waals surface area contributed by atoms with Crippen molar-refractivity contribution in [3.63, 3.8) is 0 Å². The zero-order chi connectivity index (χ0) is 13.0. The Morgan fingerprint density at radius 1 is 1.39 bits per heavy atom. The molecule has 1 aromatic heterocycles. The maximum Gasteiger partial charge on any atom is 0.243 e. The molecule has 0 spiro atoms. The lowest BCUT2D eigenvalue weighted by atomic mass is 10.2. The molecule has 0 saturated carbocycles. The summed E-state index contributed by atoms with van der Waals surface area (Å²) < 4.78 is 1.78. The van der Waals surface area contributed by atoms with Gasteiger partial charge in [-0.05, 0) is 31.2 Å². The van der Waals surface area contributed by atoms with Crippen molar-refractivity contribution >= 4 is 5.91 Å². The van der Waals surface area contributed by atoms with Crippen LogP contribution in [0.2, 0.25) is 0 Å². The Bertz CT molecular complexity index is 545. The highest BCUT2D eigenvalue weighted by Crippen LogP contribution is 2.12. The van der Waals surface area contributed by atoms with Crippen LogP contribution < -0.4 is 5.32 Å². The Labute approximate surface area is 106 Å². The molecule has 0 aliphatic carbocycles. The number of aromatic nitrogens is 2. The molecule has 2 rings (SSSR count). The van der Waals surface area contributed by atoms with Crippen LogP contribution in [-0.2, 0) is 4.79 Å². The zero-order valence-electron chi connectivity index (χ0n) is 10.2. The molecular weight excluding hydrogens is 226 g/mol. The highest BCUT2D eigenvalue weighted by atomic mass is 16.1. The van der Waals surface area contributed by atoms with Crippen LogP contribution in [0.25, 0.3) is 5.69 Å². The molecule has 0 fully saturated rings. The summed E-state index contributed by atoms with van der Waals surface area (Å²) in [5.74, 6) is -0.197. The summed E-state index contributed by atoms with van der Waals surface area (Å²) in [6.07, 6.45) is 3.13. The Hall–Kier alpha value is -2.36. The van der Waals surface area contributed by atoms with E-state index in [1.807, 2.05) is 49.5 Å². The molecule has 92 valence electrons. The van der Waals surface area contributed by atoms with E-state index in [0.29, 0.717) is 0 Å². The van der Waals surface area contributed by atoms with Crippen molar-refractivity contribution in [1.82, 2.24) is 15.1 Å². The molecule has 1 amide bonds. The second-order valence-corrected chi connectivity index (χ2v) is 3.96. The number of hydrogen-bond acceptors (Lipinski definition) is 2. The van der Waals surface area contributed by atoms with Gasteiger partial charge in [-0.15, -0.1) is 0 Å². The lowest BCUT2D eigenvalue weighted by molar-refractivity contribution is -0.117. The third kappa shape index (κ3) is 2.66. The molecule has 1 aromatic carbocycles. The monoisotopic (exact) mass is 241 g/mol. The van der Waals surface area contributed by atoms with E-state index in [-0.39, 0.29) is 11.9 Å². The largest absolute Gasteiger partial charge is 0.344 e. The number of nitrogens with one attached hydrogen (secondary N) is 1. The van der Waals surface area contributed by atoms with E-state index in [1.54, 1.807) is 4.68 Å². The molecule has 18 heavy (non-hydrogen) atoms. The lowest BCUT2D eigenvalue weighted by Gasteiger charge is -2.09. The molecule has 0 saturated heterocycles. The predicted octanol–water partition coefficient (Wildman–Crippen LogP) is 2.24. The molecule has 1 unspecified atom stereocenters. The van der Waals surface area contributed by atoms with Gasteiger partial charge in [0.05, 0.1) is 17.4 Å². The van der Waals surface area contributed by atoms with Crippen molar-refractivity contribution in [2.75, 3.05) is 0 Å². The van der Waals surface area contributed by atoms with Gasteiger partial charge in [-0.1, -0.05) is 24.8 Å². The molecule has 0 aliphatic heterocycles. The molecule has 0 aliphatic rings. The van der Waals surface area contributed by atoms with E-state index >= 15 is 0 Å². The molecule has 0 radical (unpaired) electrons. The molecule has 0 bridgehead atoms. The van der Waals surface area contributed by atoms with Gasteiger partial charge in [-0.25, -0.2) is 4.68 Å². The predicted molar refractivity (Wildman–Crippen MR) is 70.3 cm³/mol. The first-order chi connectivity index (χ1) is 8.70. The van der Waals surface area contributed by atoms with E-state index < -0.39 is 0 Å². The number of carbonyl (C=O) groups is 1. The number of amides is 1. The van der Waals surface area contributed by atoms with Gasteiger partial charge < -0.3 is 5.32 Å². The fraction of sp³-hybridized carbons (Fsp3) is 0.143. The van der Waals surface area contributed by atoms with Gasteiger partial charge in [0.2, 0.25) is 5.91 Å². The summed E-state index contributed by atoms with van der Waals surface area (Å²) in [6.45, 7) is 5.31. The van der Waals surface area contributed by atoms with E-state index in [0.717, 1.165) is 11.4 Å². The van der Waals surface area contributed by atoms with Gasteiger partial charge in [-0.2, -0.15) is 5.10 Å². The average molecular weight is 241 g/mol. The Kier molecular flexibility index (Phi) is 3.57. The third-order valence-electron chi connectivity index (χ3n) is 2.62. The quantitative estimate of drug-likeness (QED) is 0.834. The topological polar surface area (TPSA) is 46.9 Å². The van der Waals surface area contributed by atoms with Crippen molar-refractivity contribution in [3.05, 3.63) is 60.9 Å². The first-order valence-corrected chi connectivity index (χ1v) is 5.74. The van der Waals surface area contributed by atoms with Crippen LogP contribution in [0.4, 0.5) is 0 Å². The highest BCUT2D eigenvalue weighted by molar-refractivity contribution is 5.87. The van der Waals surface area contributed by atoms with Crippen molar-refractivity contribution in [2.24, 2.45) is 0 Å². The summed E-state index contributed by atoms with van der Waals surface area (Å²) in [7, 11) is 0. The summed E-state index contributed by atoms with van der Waals surface area (Å²) in [4.78, 5) is 11.2. The van der Waals surface area contributed by atoms with Crippen LogP contribution >= 0.6 is 0 Å². The number of para-hydroxylation sites is 1. The standard InChI is InChI=1S/C14H15N3O/c1-3-14(18)15-11(2)13-9-10-17(16-13)12-7-5-4-6-8-12/h3-11H,1H2,2H3,(H,15,18). The van der Waals surface area contributed by atoms with E-state index in [1.165, 1.54) is 6.08 Å². The van der Waals surface area contributed by atoms with Gasteiger partial charge in [-0.3, -0.25) is 4.79 Å². The minimum absolute atomic E-state index is 0.138. The van der Waals surface area contributed by atoms with Gasteiger partial charge in [0, 0.05) is 6.20 Å². The zero-order valence-corrected chi connectivity index (χ0v) is 10.2. The van der Waals surface area contributed by atoms with Crippen LogP contribution in [0.5, 0.6) is 0 Å². The number of carbonyl (C=O) groups excluding carboxylic acids is 1. The number of rotatable bonds is 4. The van der Waals surface area contributed by atoms with Crippen LogP contribution in [0, 0.1) is 0 Å². The summed E-state index contributed by atoms with van der Waals surface area (Å²) >= 11 is 0. The lowest BCUT2D eigenvalue weighted by Crippen LogP contribution is -2.24. The van der Waals surface area contributed by atoms with Gasteiger partial charge in [0.1, 0.15) is 0 Å². The molecule has 1 heterocycles. The minimum atomic E-state index is -0.197. The normalized spacial score (nSPS) is 11.8. The Balaban J connectivity index is 2.15. The first kappa shape index (κ1) is 12.1. The SMILES string of the molecule is C=CC(=O)NC(C)c1ccn(-c2ccccc2)n1. The maximum absolute atomic E-state index is 11.2. The number of benzene rings is 1. The van der Waals surface area contributed by atoms with Gasteiger partial charge in [0.25, 0.3) is 0 Å². The van der Waals surface area contributed by atoms with Gasteiger partial charge in [0.15, 0.2) is 0 Å². The molecule has 4 heteroatoms. The first-order valence-electron chi connectivity index (χ1n) is 5.74. The van der Waals surface area contributed by atoms with Crippen molar-refractivity contribution in [2.45, 2.75) is 13.0 Å². The maximum atomic E-state index is 11.2. The minimum Gasteiger partial charge on any atom is -0.344 e. The smallest absolute Gasteiger partial charge is 0.243 e. The number of hydrogen-bond donors (Lipinski definition) is 1. The summed E-state index contributed by atoms with van der Waals surface area (Å²) in [6, 6.07) is 11.6. The third-order valence-corrected chi connectivity index (χ3v) is 2.62. The second-order valence-electron chi connectivity index (χ2n) is 3.96. The van der Waals surface area contributed by atoms with E-state index in [2.05, 4.69) is 17.0 Å². The summed E-state index contributed by atoms with van der Waals surface area (Å²) in [5.41, 5.74) is 1.81. The molecule has 1 atom stereocenters. The second kappa shape index (κ2) is 5.31. The van der Waals surface area contributed by atoms with E-state index in [4.69, 9.17) is 0 Å². The Morgan fingerprint density at radius 2 is 2.11 bits per heavy atom. The van der Waals surface area contributed by atoms with Crippen LogP contribution in [-0.4, -0.2) is 15.7 Å². The fourth-order valence-electron chi connectivity index (χ4n) is 1.64. The Morgan fingerprint density at radius 3 is 2.78 bits per heavy atom. The van der Waals surface area contributed by atoms with Crippen LogP contribution in [0.15, 0.2) is 55.3 Å².